The highest BCUT2D eigenvalue weighted by atomic mass is 19.1. The molecule has 0 spiro atoms. The molecule has 1 rings (SSSR count). The van der Waals surface area contributed by atoms with Crippen LogP contribution in [0.3, 0.4) is 0 Å². The summed E-state index contributed by atoms with van der Waals surface area (Å²) >= 11 is 0. The van der Waals surface area contributed by atoms with Crippen LogP contribution < -0.4 is 0 Å². The molecule has 1 aromatic rings. The number of aromatic nitrogens is 1. The zero-order valence-electron chi connectivity index (χ0n) is 8.22. The van der Waals surface area contributed by atoms with E-state index in [1.165, 1.54) is 12.3 Å². The van der Waals surface area contributed by atoms with Gasteiger partial charge in [0.25, 0.3) is 0 Å². The molecule has 0 aliphatic rings. The lowest BCUT2D eigenvalue weighted by atomic mass is 10.2. The van der Waals surface area contributed by atoms with Gasteiger partial charge in [-0.25, -0.2) is 4.98 Å². The lowest BCUT2D eigenvalue weighted by molar-refractivity contribution is 0.111. The summed E-state index contributed by atoms with van der Waals surface area (Å²) in [4.78, 5) is 16.4. The molecule has 5 nitrogen and oxygen atoms in total. The summed E-state index contributed by atoms with van der Waals surface area (Å²) in [5.41, 5.74) is 8.33. The molecule has 1 aromatic heterocycles. The third kappa shape index (κ3) is 3.40. The summed E-state index contributed by atoms with van der Waals surface area (Å²) in [6.45, 7) is 0.276. The first kappa shape index (κ1) is 11.7. The van der Waals surface area contributed by atoms with Gasteiger partial charge in [0.05, 0.1) is 5.56 Å². The number of pyridine rings is 1. The Kier molecular flexibility index (Phi) is 4.51. The second kappa shape index (κ2) is 6.17. The number of carbonyl (C=O) groups is 1. The molecule has 0 aliphatic heterocycles. The number of nitrogens with zero attached hydrogens (tertiary/aromatic N) is 4. The van der Waals surface area contributed by atoms with Crippen molar-refractivity contribution in [3.05, 3.63) is 39.8 Å². The van der Waals surface area contributed by atoms with Gasteiger partial charge in [0.1, 0.15) is 0 Å². The van der Waals surface area contributed by atoms with E-state index in [1.54, 1.807) is 0 Å². The number of hydrogen-bond acceptors (Lipinski definition) is 3. The van der Waals surface area contributed by atoms with Gasteiger partial charge < -0.3 is 0 Å². The van der Waals surface area contributed by atoms with Gasteiger partial charge in [-0.05, 0) is 11.6 Å². The average Bonchev–Trinajstić information content (AvgIpc) is 2.31. The molecule has 0 radical (unpaired) electrons. The first-order chi connectivity index (χ1) is 7.77. The lowest BCUT2D eigenvalue weighted by Gasteiger charge is -1.93. The zero-order chi connectivity index (χ0) is 11.8. The Morgan fingerprint density at radius 3 is 3.19 bits per heavy atom. The predicted octanol–water partition coefficient (Wildman–Crippen LogP) is 2.09. The molecular weight excluding hydrogens is 211 g/mol. The minimum atomic E-state index is -0.811. The van der Waals surface area contributed by atoms with Gasteiger partial charge in [-0.1, -0.05) is 17.0 Å². The predicted molar refractivity (Wildman–Crippen MR) is 55.1 cm³/mol. The number of carbonyl (C=O) groups excluding carboxylic acids is 1. The standard InChI is InChI=1S/C10H7FN4O/c11-10-9(7-16)5-8(6-13-10)3-1-2-4-14-15-12/h5-7H,2,4H2. The van der Waals surface area contributed by atoms with E-state index in [4.69, 9.17) is 5.53 Å². The number of rotatable bonds is 3. The second-order valence-corrected chi connectivity index (χ2v) is 2.73. The smallest absolute Gasteiger partial charge is 0.223 e. The fraction of sp³-hybridized carbons (Fsp3) is 0.200. The first-order valence-electron chi connectivity index (χ1n) is 4.38. The molecule has 0 aliphatic carbocycles. The zero-order valence-corrected chi connectivity index (χ0v) is 8.22. The van der Waals surface area contributed by atoms with Gasteiger partial charge in [0.15, 0.2) is 6.29 Å². The number of aldehydes is 1. The summed E-state index contributed by atoms with van der Waals surface area (Å²) < 4.78 is 12.8. The molecule has 80 valence electrons. The maximum absolute atomic E-state index is 12.8. The molecule has 0 amide bonds. The van der Waals surface area contributed by atoms with Crippen molar-refractivity contribution in [3.63, 3.8) is 0 Å². The Morgan fingerprint density at radius 2 is 2.50 bits per heavy atom. The summed E-state index contributed by atoms with van der Waals surface area (Å²) in [6, 6.07) is 1.32. The van der Waals surface area contributed by atoms with Crippen molar-refractivity contribution in [1.82, 2.24) is 4.98 Å². The van der Waals surface area contributed by atoms with E-state index in [2.05, 4.69) is 26.9 Å². The number of halogens is 1. The molecule has 1 heterocycles. The fourth-order valence-electron chi connectivity index (χ4n) is 0.931. The van der Waals surface area contributed by atoms with Gasteiger partial charge in [0, 0.05) is 29.6 Å². The van der Waals surface area contributed by atoms with Crippen LogP contribution in [0, 0.1) is 17.8 Å². The number of hydrogen-bond donors (Lipinski definition) is 0. The van der Waals surface area contributed by atoms with Crippen LogP contribution in [0.25, 0.3) is 10.4 Å². The molecular formula is C10H7FN4O. The van der Waals surface area contributed by atoms with Crippen molar-refractivity contribution in [2.75, 3.05) is 6.54 Å². The van der Waals surface area contributed by atoms with E-state index >= 15 is 0 Å². The van der Waals surface area contributed by atoms with Crippen LogP contribution >= 0.6 is 0 Å². The van der Waals surface area contributed by atoms with E-state index in [9.17, 15) is 9.18 Å². The van der Waals surface area contributed by atoms with Gasteiger partial charge >= 0.3 is 0 Å². The van der Waals surface area contributed by atoms with E-state index in [1.807, 2.05) is 0 Å². The topological polar surface area (TPSA) is 78.7 Å². The van der Waals surface area contributed by atoms with Crippen molar-refractivity contribution in [2.45, 2.75) is 6.42 Å². The van der Waals surface area contributed by atoms with E-state index in [0.717, 1.165) is 0 Å². The Labute approximate surface area is 90.9 Å². The highest BCUT2D eigenvalue weighted by molar-refractivity contribution is 5.75. The average molecular weight is 218 g/mol. The third-order valence-electron chi connectivity index (χ3n) is 1.63. The van der Waals surface area contributed by atoms with Gasteiger partial charge in [-0.2, -0.15) is 4.39 Å². The molecule has 0 bridgehead atoms. The van der Waals surface area contributed by atoms with E-state index in [-0.39, 0.29) is 12.1 Å². The normalized spacial score (nSPS) is 8.56. The van der Waals surface area contributed by atoms with Crippen LogP contribution in [0.15, 0.2) is 17.4 Å². The number of azide groups is 1. The van der Waals surface area contributed by atoms with Crippen LogP contribution in [0.2, 0.25) is 0 Å². The van der Waals surface area contributed by atoms with Crippen molar-refractivity contribution in [3.8, 4) is 11.8 Å². The summed E-state index contributed by atoms with van der Waals surface area (Å²) in [5.74, 6) is 4.59. The Hall–Kier alpha value is -2.38. The maximum atomic E-state index is 12.8. The molecule has 16 heavy (non-hydrogen) atoms. The quantitative estimate of drug-likeness (QED) is 0.148. The van der Waals surface area contributed by atoms with Gasteiger partial charge in [0.2, 0.25) is 5.95 Å². The van der Waals surface area contributed by atoms with Crippen LogP contribution in [-0.4, -0.2) is 17.8 Å². The molecule has 0 fully saturated rings. The Bertz CT molecular complexity index is 497. The van der Waals surface area contributed by atoms with Crippen LogP contribution in [0.1, 0.15) is 22.3 Å². The highest BCUT2D eigenvalue weighted by Gasteiger charge is 2.01. The van der Waals surface area contributed by atoms with Crippen molar-refractivity contribution < 1.29 is 9.18 Å². The molecule has 0 saturated heterocycles. The molecule has 0 unspecified atom stereocenters. The summed E-state index contributed by atoms with van der Waals surface area (Å²) in [7, 11) is 0. The van der Waals surface area contributed by atoms with E-state index < -0.39 is 5.95 Å². The minimum Gasteiger partial charge on any atom is -0.298 e. The minimum absolute atomic E-state index is 0.123. The van der Waals surface area contributed by atoms with Gasteiger partial charge in [-0.15, -0.1) is 0 Å². The molecule has 0 aromatic carbocycles. The monoisotopic (exact) mass is 218 g/mol. The largest absolute Gasteiger partial charge is 0.298 e. The Morgan fingerprint density at radius 1 is 1.69 bits per heavy atom. The van der Waals surface area contributed by atoms with E-state index in [0.29, 0.717) is 18.3 Å². The highest BCUT2D eigenvalue weighted by Crippen LogP contribution is 2.03. The molecule has 0 N–H and O–H groups in total. The lowest BCUT2D eigenvalue weighted by Crippen LogP contribution is -1.92. The summed E-state index contributed by atoms with van der Waals surface area (Å²) in [6.07, 6.45) is 2.02. The van der Waals surface area contributed by atoms with Crippen LogP contribution in [-0.2, 0) is 0 Å². The third-order valence-corrected chi connectivity index (χ3v) is 1.63. The molecule has 0 saturated carbocycles. The molecule has 6 heteroatoms. The van der Waals surface area contributed by atoms with Crippen molar-refractivity contribution in [1.29, 1.82) is 0 Å². The summed E-state index contributed by atoms with van der Waals surface area (Å²) in [5, 5.41) is 3.30. The van der Waals surface area contributed by atoms with Crippen molar-refractivity contribution >= 4 is 6.29 Å². The fourth-order valence-corrected chi connectivity index (χ4v) is 0.931. The maximum Gasteiger partial charge on any atom is 0.223 e. The van der Waals surface area contributed by atoms with Crippen LogP contribution in [0.5, 0.6) is 0 Å². The first-order valence-corrected chi connectivity index (χ1v) is 4.38. The van der Waals surface area contributed by atoms with Crippen LogP contribution in [0.4, 0.5) is 4.39 Å². The molecule has 0 atom stereocenters. The van der Waals surface area contributed by atoms with Gasteiger partial charge in [-0.3, -0.25) is 4.79 Å². The SMILES string of the molecule is [N-]=[N+]=NCCC#Cc1cnc(F)c(C=O)c1. The second-order valence-electron chi connectivity index (χ2n) is 2.73. The van der Waals surface area contributed by atoms with Crippen molar-refractivity contribution in [2.24, 2.45) is 5.11 Å². The Balaban J connectivity index is 2.73.